The Hall–Kier alpha value is -2.29. The van der Waals surface area contributed by atoms with Crippen LogP contribution in [0.5, 0.6) is 11.5 Å². The first kappa shape index (κ1) is 12.7. The number of ketones is 1. The molecule has 20 heavy (non-hydrogen) atoms. The summed E-state index contributed by atoms with van der Waals surface area (Å²) in [5, 5.41) is 0. The summed E-state index contributed by atoms with van der Waals surface area (Å²) in [6.45, 7) is 2.93. The molecule has 0 radical (unpaired) electrons. The van der Waals surface area contributed by atoms with E-state index in [0.29, 0.717) is 18.8 Å². The third-order valence-electron chi connectivity index (χ3n) is 3.45. The molecule has 0 spiro atoms. The van der Waals surface area contributed by atoms with Crippen molar-refractivity contribution < 1.29 is 14.3 Å². The highest BCUT2D eigenvalue weighted by atomic mass is 16.5. The molecule has 2 aromatic rings. The Morgan fingerprint density at radius 2 is 2.10 bits per heavy atom. The Balaban J connectivity index is 1.89. The van der Waals surface area contributed by atoms with Gasteiger partial charge >= 0.3 is 0 Å². The quantitative estimate of drug-likeness (QED) is 0.797. The van der Waals surface area contributed by atoms with E-state index in [9.17, 15) is 4.79 Å². The van der Waals surface area contributed by atoms with Crippen LogP contribution in [0.25, 0.3) is 0 Å². The fourth-order valence-corrected chi connectivity index (χ4v) is 2.49. The van der Waals surface area contributed by atoms with E-state index in [0.717, 1.165) is 17.1 Å². The van der Waals surface area contributed by atoms with Crippen LogP contribution in [-0.4, -0.2) is 19.0 Å². The van der Waals surface area contributed by atoms with Crippen molar-refractivity contribution in [2.75, 3.05) is 13.2 Å². The van der Waals surface area contributed by atoms with Crippen LogP contribution in [0.4, 0.5) is 0 Å². The third-order valence-corrected chi connectivity index (χ3v) is 3.45. The highest BCUT2D eigenvalue weighted by Gasteiger charge is 2.30. The summed E-state index contributed by atoms with van der Waals surface area (Å²) in [6.07, 6.45) is 0. The summed E-state index contributed by atoms with van der Waals surface area (Å²) in [5.41, 5.74) is 1.64. The SMILES string of the molecule is CCOc1cccc(C(=O)C2COc3ccccc32)c1. The van der Waals surface area contributed by atoms with Crippen molar-refractivity contribution in [1.82, 2.24) is 0 Å². The first-order valence-electron chi connectivity index (χ1n) is 6.78. The molecule has 0 aromatic heterocycles. The molecular weight excluding hydrogens is 252 g/mol. The standard InChI is InChI=1S/C17H16O3/c1-2-19-13-7-5-6-12(10-13)17(18)15-11-20-16-9-4-3-8-14(15)16/h3-10,15H,2,11H2,1H3. The second-order valence-corrected chi connectivity index (χ2v) is 4.73. The number of ether oxygens (including phenoxy) is 2. The lowest BCUT2D eigenvalue weighted by molar-refractivity contribution is 0.0947. The first-order valence-corrected chi connectivity index (χ1v) is 6.78. The number of hydrogen-bond donors (Lipinski definition) is 0. The van der Waals surface area contributed by atoms with E-state index >= 15 is 0 Å². The number of benzene rings is 2. The molecule has 1 aliphatic rings. The summed E-state index contributed by atoms with van der Waals surface area (Å²) in [7, 11) is 0. The molecule has 3 nitrogen and oxygen atoms in total. The summed E-state index contributed by atoms with van der Waals surface area (Å²) in [6, 6.07) is 15.0. The predicted molar refractivity (Wildman–Crippen MR) is 76.6 cm³/mol. The average molecular weight is 268 g/mol. The van der Waals surface area contributed by atoms with Crippen molar-refractivity contribution in [2.45, 2.75) is 12.8 Å². The molecular formula is C17H16O3. The van der Waals surface area contributed by atoms with Crippen LogP contribution in [0.2, 0.25) is 0 Å². The zero-order valence-electron chi connectivity index (χ0n) is 11.3. The van der Waals surface area contributed by atoms with Gasteiger partial charge in [-0.1, -0.05) is 30.3 Å². The highest BCUT2D eigenvalue weighted by Crippen LogP contribution is 2.35. The Morgan fingerprint density at radius 1 is 1.25 bits per heavy atom. The fraction of sp³-hybridized carbons (Fsp3) is 0.235. The normalized spacial score (nSPS) is 16.4. The molecule has 0 saturated heterocycles. The van der Waals surface area contributed by atoms with Crippen LogP contribution in [0, 0.1) is 0 Å². The van der Waals surface area contributed by atoms with Gasteiger partial charge in [0.05, 0.1) is 12.5 Å². The average Bonchev–Trinajstić information content (AvgIpc) is 2.91. The van der Waals surface area contributed by atoms with Crippen molar-refractivity contribution in [3.8, 4) is 11.5 Å². The van der Waals surface area contributed by atoms with Gasteiger partial charge in [0.1, 0.15) is 18.1 Å². The molecule has 102 valence electrons. The lowest BCUT2D eigenvalue weighted by atomic mass is 9.92. The number of fused-ring (bicyclic) bond motifs is 1. The van der Waals surface area contributed by atoms with Gasteiger partial charge in [0, 0.05) is 11.1 Å². The largest absolute Gasteiger partial charge is 0.494 e. The van der Waals surface area contributed by atoms with E-state index in [1.807, 2.05) is 49.4 Å². The molecule has 2 aromatic carbocycles. The molecule has 3 rings (SSSR count). The summed E-state index contributed by atoms with van der Waals surface area (Å²) < 4.78 is 11.0. The zero-order valence-corrected chi connectivity index (χ0v) is 11.3. The van der Waals surface area contributed by atoms with Gasteiger partial charge in [0.25, 0.3) is 0 Å². The zero-order chi connectivity index (χ0) is 13.9. The maximum absolute atomic E-state index is 12.6. The molecule has 0 aliphatic carbocycles. The van der Waals surface area contributed by atoms with Crippen LogP contribution in [-0.2, 0) is 0 Å². The molecule has 0 fully saturated rings. The van der Waals surface area contributed by atoms with Crippen molar-refractivity contribution in [3.63, 3.8) is 0 Å². The number of rotatable bonds is 4. The summed E-state index contributed by atoms with van der Waals surface area (Å²) in [5.74, 6) is 1.40. The maximum Gasteiger partial charge on any atom is 0.174 e. The highest BCUT2D eigenvalue weighted by molar-refractivity contribution is 6.02. The third kappa shape index (κ3) is 2.27. The molecule has 1 unspecified atom stereocenters. The van der Waals surface area contributed by atoms with Gasteiger partial charge in [-0.05, 0) is 25.1 Å². The van der Waals surface area contributed by atoms with E-state index in [2.05, 4.69) is 0 Å². The minimum absolute atomic E-state index is 0.0801. The first-order chi connectivity index (χ1) is 9.79. The van der Waals surface area contributed by atoms with Crippen LogP contribution >= 0.6 is 0 Å². The molecule has 0 saturated carbocycles. The van der Waals surface area contributed by atoms with E-state index in [-0.39, 0.29) is 11.7 Å². The second kappa shape index (κ2) is 5.37. The van der Waals surface area contributed by atoms with Crippen LogP contribution in [0.1, 0.15) is 28.8 Å². The van der Waals surface area contributed by atoms with Gasteiger partial charge in [-0.15, -0.1) is 0 Å². The Morgan fingerprint density at radius 3 is 2.95 bits per heavy atom. The molecule has 0 N–H and O–H groups in total. The summed E-state index contributed by atoms with van der Waals surface area (Å²) >= 11 is 0. The van der Waals surface area contributed by atoms with Crippen molar-refractivity contribution in [2.24, 2.45) is 0 Å². The van der Waals surface area contributed by atoms with Gasteiger partial charge in [-0.3, -0.25) is 4.79 Å². The second-order valence-electron chi connectivity index (χ2n) is 4.73. The van der Waals surface area contributed by atoms with Crippen LogP contribution < -0.4 is 9.47 Å². The van der Waals surface area contributed by atoms with Crippen molar-refractivity contribution in [1.29, 1.82) is 0 Å². The van der Waals surface area contributed by atoms with Gasteiger partial charge in [-0.25, -0.2) is 0 Å². The minimum atomic E-state index is -0.219. The number of Topliss-reactive ketones (excluding diaryl/α,β-unsaturated/α-hetero) is 1. The minimum Gasteiger partial charge on any atom is -0.494 e. The molecule has 1 atom stereocenters. The number of hydrogen-bond acceptors (Lipinski definition) is 3. The number of carbonyl (C=O) groups is 1. The van der Waals surface area contributed by atoms with E-state index < -0.39 is 0 Å². The predicted octanol–water partition coefficient (Wildman–Crippen LogP) is 3.44. The Kier molecular flexibility index (Phi) is 3.42. The van der Waals surface area contributed by atoms with Gasteiger partial charge in [0.2, 0.25) is 0 Å². The van der Waals surface area contributed by atoms with Crippen molar-refractivity contribution in [3.05, 3.63) is 59.7 Å². The fourth-order valence-electron chi connectivity index (χ4n) is 2.49. The van der Waals surface area contributed by atoms with E-state index in [4.69, 9.17) is 9.47 Å². The number of para-hydroxylation sites is 1. The van der Waals surface area contributed by atoms with E-state index in [1.165, 1.54) is 0 Å². The summed E-state index contributed by atoms with van der Waals surface area (Å²) in [4.78, 5) is 12.6. The lowest BCUT2D eigenvalue weighted by Gasteiger charge is -2.09. The topological polar surface area (TPSA) is 35.5 Å². The van der Waals surface area contributed by atoms with Gasteiger partial charge in [-0.2, -0.15) is 0 Å². The van der Waals surface area contributed by atoms with Crippen LogP contribution in [0.3, 0.4) is 0 Å². The van der Waals surface area contributed by atoms with Crippen LogP contribution in [0.15, 0.2) is 48.5 Å². The molecule has 3 heteroatoms. The van der Waals surface area contributed by atoms with E-state index in [1.54, 1.807) is 6.07 Å². The Bertz CT molecular complexity index is 634. The monoisotopic (exact) mass is 268 g/mol. The molecule has 1 heterocycles. The molecule has 0 amide bonds. The molecule has 0 bridgehead atoms. The maximum atomic E-state index is 12.6. The van der Waals surface area contributed by atoms with Gasteiger partial charge in [0.15, 0.2) is 5.78 Å². The smallest absolute Gasteiger partial charge is 0.174 e. The van der Waals surface area contributed by atoms with Crippen molar-refractivity contribution >= 4 is 5.78 Å². The number of carbonyl (C=O) groups excluding carboxylic acids is 1. The lowest BCUT2D eigenvalue weighted by Crippen LogP contribution is -2.14. The van der Waals surface area contributed by atoms with Gasteiger partial charge < -0.3 is 9.47 Å². The Labute approximate surface area is 118 Å². The molecule has 1 aliphatic heterocycles.